The fourth-order valence-electron chi connectivity index (χ4n) is 9.57. The van der Waals surface area contributed by atoms with E-state index in [1.807, 2.05) is 0 Å². The Morgan fingerprint density at radius 1 is 0.268 bits per heavy atom. The van der Waals surface area contributed by atoms with E-state index in [9.17, 15) is 0 Å². The molecule has 0 aliphatic heterocycles. The number of hydrogen-bond acceptors (Lipinski definition) is 1. The van der Waals surface area contributed by atoms with Gasteiger partial charge in [0.1, 0.15) is 0 Å². The van der Waals surface area contributed by atoms with E-state index in [4.69, 9.17) is 0 Å². The maximum atomic E-state index is 2.48. The van der Waals surface area contributed by atoms with Gasteiger partial charge in [-0.05, 0) is 103 Å². The minimum Gasteiger partial charge on any atom is -0.310 e. The molecule has 1 heteroatoms. The largest absolute Gasteiger partial charge is 0.310 e. The van der Waals surface area contributed by atoms with Crippen LogP contribution in [-0.4, -0.2) is 0 Å². The second-order valence-corrected chi connectivity index (χ2v) is 14.8. The van der Waals surface area contributed by atoms with E-state index >= 15 is 0 Å². The first-order chi connectivity index (χ1) is 27.8. The average molecular weight is 712 g/mol. The molecular weight excluding hydrogens is 675 g/mol. The van der Waals surface area contributed by atoms with Gasteiger partial charge in [0, 0.05) is 16.9 Å². The fraction of sp³-hybridized carbons (Fsp3) is 0.0182. The Hall–Kier alpha value is -7.22. The van der Waals surface area contributed by atoms with Gasteiger partial charge in [-0.25, -0.2) is 0 Å². The zero-order chi connectivity index (χ0) is 37.1. The van der Waals surface area contributed by atoms with Crippen LogP contribution in [0.3, 0.4) is 0 Å². The normalized spacial score (nSPS) is 12.8. The Morgan fingerprint density at radius 2 is 0.714 bits per heavy atom. The topological polar surface area (TPSA) is 3.24 Å². The van der Waals surface area contributed by atoms with Gasteiger partial charge in [-0.15, -0.1) is 0 Å². The molecule has 9 aromatic carbocycles. The molecule has 56 heavy (non-hydrogen) atoms. The summed E-state index contributed by atoms with van der Waals surface area (Å²) in [6.45, 7) is 0. The highest BCUT2D eigenvalue weighted by Crippen LogP contribution is 2.64. The molecule has 0 fully saturated rings. The third kappa shape index (κ3) is 4.81. The monoisotopic (exact) mass is 711 g/mol. The van der Waals surface area contributed by atoms with Crippen LogP contribution in [0.4, 0.5) is 17.1 Å². The second kappa shape index (κ2) is 13.0. The van der Waals surface area contributed by atoms with E-state index in [0.29, 0.717) is 0 Å². The summed E-state index contributed by atoms with van der Waals surface area (Å²) in [4.78, 5) is 2.48. The Balaban J connectivity index is 1.19. The number of rotatable bonds is 6. The lowest BCUT2D eigenvalue weighted by atomic mass is 9.70. The molecule has 9 aromatic rings. The quantitative estimate of drug-likeness (QED) is 0.166. The van der Waals surface area contributed by atoms with Crippen molar-refractivity contribution in [3.05, 3.63) is 247 Å². The number of nitrogens with zero attached hydrogens (tertiary/aromatic N) is 1. The summed E-state index contributed by atoms with van der Waals surface area (Å²) in [6, 6.07) is 82.4. The summed E-state index contributed by atoms with van der Waals surface area (Å²) in [5.74, 6) is 0. The first-order valence-corrected chi connectivity index (χ1v) is 19.4. The van der Waals surface area contributed by atoms with Gasteiger partial charge in [0.25, 0.3) is 0 Å². The molecule has 0 amide bonds. The highest BCUT2D eigenvalue weighted by molar-refractivity contribution is 6.01. The van der Waals surface area contributed by atoms with Crippen molar-refractivity contribution in [2.45, 2.75) is 5.41 Å². The Labute approximate surface area is 328 Å². The molecule has 2 aliphatic carbocycles. The van der Waals surface area contributed by atoms with Crippen LogP contribution < -0.4 is 4.90 Å². The molecule has 11 rings (SSSR count). The molecule has 1 spiro atoms. The van der Waals surface area contributed by atoms with Crippen LogP contribution in [0.5, 0.6) is 0 Å². The van der Waals surface area contributed by atoms with Gasteiger partial charge >= 0.3 is 0 Å². The minimum atomic E-state index is -0.426. The highest BCUT2D eigenvalue weighted by Gasteiger charge is 2.52. The summed E-state index contributed by atoms with van der Waals surface area (Å²) < 4.78 is 0. The summed E-state index contributed by atoms with van der Waals surface area (Å²) in [7, 11) is 0. The predicted octanol–water partition coefficient (Wildman–Crippen LogP) is 14.5. The molecule has 262 valence electrons. The van der Waals surface area contributed by atoms with E-state index in [2.05, 4.69) is 229 Å². The number of anilines is 3. The van der Waals surface area contributed by atoms with Crippen molar-refractivity contribution in [1.29, 1.82) is 0 Å². The summed E-state index contributed by atoms with van der Waals surface area (Å²) >= 11 is 0. The lowest BCUT2D eigenvalue weighted by molar-refractivity contribution is 0.794. The molecule has 0 aromatic heterocycles. The summed E-state index contributed by atoms with van der Waals surface area (Å²) in [5.41, 5.74) is 20.7. The van der Waals surface area contributed by atoms with Gasteiger partial charge in [0.15, 0.2) is 0 Å². The standard InChI is InChI=1S/C55H37N/c1-4-17-38(18-5-1)39-31-33-42(34-32-39)56(43-35-36-44(40-19-6-2-7-20-40)48(37-43)41-21-8-3-9-22-41)53-30-16-29-52-54(53)47-25-12-15-28-51(47)55(52)49-26-13-10-23-45(49)46-24-11-14-27-50(46)55/h1-37H. The smallest absolute Gasteiger partial charge is 0.0726 e. The lowest BCUT2D eigenvalue weighted by Crippen LogP contribution is -2.26. The third-order valence-corrected chi connectivity index (χ3v) is 11.9. The van der Waals surface area contributed by atoms with Crippen molar-refractivity contribution < 1.29 is 0 Å². The SMILES string of the molecule is c1ccc(-c2ccc(N(c3ccc(-c4ccccc4)c(-c4ccccc4)c3)c3cccc4c3-c3ccccc3C43c4ccccc4-c4ccccc43)cc2)cc1. The average Bonchev–Trinajstić information content (AvgIpc) is 3.76. The maximum Gasteiger partial charge on any atom is 0.0726 e. The molecule has 0 unspecified atom stereocenters. The highest BCUT2D eigenvalue weighted by atomic mass is 15.1. The van der Waals surface area contributed by atoms with Gasteiger partial charge in [0.05, 0.1) is 11.1 Å². The van der Waals surface area contributed by atoms with Crippen molar-refractivity contribution in [2.75, 3.05) is 4.90 Å². The van der Waals surface area contributed by atoms with Crippen molar-refractivity contribution in [1.82, 2.24) is 0 Å². The molecule has 0 radical (unpaired) electrons. The number of benzene rings is 9. The predicted molar refractivity (Wildman–Crippen MR) is 234 cm³/mol. The molecule has 2 aliphatic rings. The summed E-state index contributed by atoms with van der Waals surface area (Å²) in [5, 5.41) is 0. The van der Waals surface area contributed by atoms with Gasteiger partial charge in [-0.2, -0.15) is 0 Å². The van der Waals surface area contributed by atoms with E-state index in [0.717, 1.165) is 17.1 Å². The van der Waals surface area contributed by atoms with Gasteiger partial charge < -0.3 is 4.90 Å². The van der Waals surface area contributed by atoms with Crippen molar-refractivity contribution in [2.24, 2.45) is 0 Å². The Bertz CT molecular complexity index is 2850. The Morgan fingerprint density at radius 3 is 1.32 bits per heavy atom. The van der Waals surface area contributed by atoms with E-state index in [1.165, 1.54) is 77.9 Å². The minimum absolute atomic E-state index is 0.426. The van der Waals surface area contributed by atoms with E-state index in [-0.39, 0.29) is 0 Å². The molecule has 0 heterocycles. The van der Waals surface area contributed by atoms with Gasteiger partial charge in [-0.3, -0.25) is 0 Å². The van der Waals surface area contributed by atoms with Gasteiger partial charge in [0.2, 0.25) is 0 Å². The first-order valence-electron chi connectivity index (χ1n) is 19.4. The van der Waals surface area contributed by atoms with Gasteiger partial charge in [-0.1, -0.05) is 194 Å². The van der Waals surface area contributed by atoms with Crippen LogP contribution >= 0.6 is 0 Å². The zero-order valence-electron chi connectivity index (χ0n) is 30.8. The third-order valence-electron chi connectivity index (χ3n) is 11.9. The molecular formula is C55H37N. The van der Waals surface area contributed by atoms with Crippen molar-refractivity contribution >= 4 is 17.1 Å². The van der Waals surface area contributed by atoms with Crippen LogP contribution in [0.15, 0.2) is 224 Å². The maximum absolute atomic E-state index is 2.48. The molecule has 0 atom stereocenters. The van der Waals surface area contributed by atoms with Crippen LogP contribution in [-0.2, 0) is 5.41 Å². The van der Waals surface area contributed by atoms with Crippen LogP contribution in [0.25, 0.3) is 55.6 Å². The molecule has 0 bridgehead atoms. The van der Waals surface area contributed by atoms with E-state index < -0.39 is 5.41 Å². The first kappa shape index (κ1) is 32.2. The fourth-order valence-corrected chi connectivity index (χ4v) is 9.57. The van der Waals surface area contributed by atoms with Crippen LogP contribution in [0.2, 0.25) is 0 Å². The van der Waals surface area contributed by atoms with Crippen molar-refractivity contribution in [3.8, 4) is 55.6 Å². The van der Waals surface area contributed by atoms with Crippen LogP contribution in [0, 0.1) is 0 Å². The second-order valence-electron chi connectivity index (χ2n) is 14.8. The summed E-state index contributed by atoms with van der Waals surface area (Å²) in [6.07, 6.45) is 0. The lowest BCUT2D eigenvalue weighted by Gasteiger charge is -2.32. The molecule has 0 saturated carbocycles. The molecule has 0 N–H and O–H groups in total. The molecule has 0 saturated heterocycles. The number of fused-ring (bicyclic) bond motifs is 10. The van der Waals surface area contributed by atoms with E-state index in [1.54, 1.807) is 0 Å². The number of hydrogen-bond donors (Lipinski definition) is 0. The van der Waals surface area contributed by atoms with Crippen molar-refractivity contribution in [3.63, 3.8) is 0 Å². The molecule has 1 nitrogen and oxygen atoms in total. The van der Waals surface area contributed by atoms with Crippen LogP contribution in [0.1, 0.15) is 22.3 Å². The zero-order valence-corrected chi connectivity index (χ0v) is 30.8. The Kier molecular flexibility index (Phi) is 7.47.